The van der Waals surface area contributed by atoms with E-state index in [1.165, 1.54) is 0 Å². The van der Waals surface area contributed by atoms with Crippen LogP contribution < -0.4 is 21.1 Å². The second-order valence-corrected chi connectivity index (χ2v) is 8.84. The molecular formula is C30H34N6O. The Morgan fingerprint density at radius 2 is 1.62 bits per heavy atom. The Kier molecular flexibility index (Phi) is 8.84. The molecule has 3 aromatic carbocycles. The molecule has 4 rings (SSSR count). The number of aromatic nitrogens is 2. The summed E-state index contributed by atoms with van der Waals surface area (Å²) in [5, 5.41) is 15.2. The highest BCUT2D eigenvalue weighted by molar-refractivity contribution is 6.06. The maximum Gasteiger partial charge on any atom is 0.172 e. The number of anilines is 2. The summed E-state index contributed by atoms with van der Waals surface area (Å²) in [6.45, 7) is 5.27. The molecule has 0 aliphatic carbocycles. The van der Waals surface area contributed by atoms with Gasteiger partial charge in [0.05, 0.1) is 11.4 Å². The monoisotopic (exact) mass is 494 g/mol. The molecule has 0 aliphatic heterocycles. The summed E-state index contributed by atoms with van der Waals surface area (Å²) in [4.78, 5) is 4.94. The fourth-order valence-corrected chi connectivity index (χ4v) is 4.19. The molecule has 4 N–H and O–H groups in total. The van der Waals surface area contributed by atoms with Gasteiger partial charge in [0.25, 0.3) is 0 Å². The topological polar surface area (TPSA) is 97.4 Å². The van der Waals surface area contributed by atoms with Crippen molar-refractivity contribution in [2.24, 2.45) is 4.99 Å². The number of hydrogen-bond acceptors (Lipinski definition) is 7. The van der Waals surface area contributed by atoms with E-state index in [0.29, 0.717) is 23.8 Å². The highest BCUT2D eigenvalue weighted by Gasteiger charge is 2.17. The van der Waals surface area contributed by atoms with Crippen molar-refractivity contribution in [3.63, 3.8) is 0 Å². The molecule has 0 saturated carbocycles. The minimum Gasteiger partial charge on any atom is -0.483 e. The fourth-order valence-electron chi connectivity index (χ4n) is 4.19. The first-order valence-corrected chi connectivity index (χ1v) is 12.5. The van der Waals surface area contributed by atoms with Crippen LogP contribution in [-0.2, 0) is 6.54 Å². The van der Waals surface area contributed by atoms with E-state index in [2.05, 4.69) is 45.1 Å². The maximum atomic E-state index is 6.57. The lowest BCUT2D eigenvalue weighted by Gasteiger charge is -2.21. The number of para-hydroxylation sites is 2. The van der Waals surface area contributed by atoms with E-state index < -0.39 is 0 Å². The number of hydrogen-bond donors (Lipinski definition) is 3. The summed E-state index contributed by atoms with van der Waals surface area (Å²) in [7, 11) is 1.95. The van der Waals surface area contributed by atoms with Gasteiger partial charge in [-0.1, -0.05) is 72.8 Å². The zero-order valence-electron chi connectivity index (χ0n) is 21.6. The molecular weight excluding hydrogens is 460 g/mol. The highest BCUT2D eigenvalue weighted by Crippen LogP contribution is 2.34. The molecule has 1 aromatic heterocycles. The second-order valence-electron chi connectivity index (χ2n) is 8.84. The Bertz CT molecular complexity index is 1320. The van der Waals surface area contributed by atoms with Crippen molar-refractivity contribution in [3.05, 3.63) is 107 Å². The van der Waals surface area contributed by atoms with Gasteiger partial charge in [-0.05, 0) is 50.7 Å². The van der Waals surface area contributed by atoms with Gasteiger partial charge in [0, 0.05) is 24.2 Å². The first-order chi connectivity index (χ1) is 18.1. The number of ether oxygens (including phenoxy) is 1. The summed E-state index contributed by atoms with van der Waals surface area (Å²) in [5.74, 6) is 1.26. The van der Waals surface area contributed by atoms with Gasteiger partial charge in [0.2, 0.25) is 0 Å². The Balaban J connectivity index is 1.61. The van der Waals surface area contributed by atoms with Crippen molar-refractivity contribution >= 4 is 22.9 Å². The average Bonchev–Trinajstić information content (AvgIpc) is 2.92. The Morgan fingerprint density at radius 3 is 2.35 bits per heavy atom. The van der Waals surface area contributed by atoms with Crippen molar-refractivity contribution in [1.29, 1.82) is 0 Å². The summed E-state index contributed by atoms with van der Waals surface area (Å²) in [5.41, 5.74) is 12.3. The number of aliphatic imine (C=N–C) groups is 1. The van der Waals surface area contributed by atoms with E-state index in [4.69, 9.17) is 15.5 Å². The standard InChI is InChI=1S/C30H34N6O/c1-21(28-22(2)35-36-30(29(28)31)33-20-23-12-6-4-7-13-23)34-25-16-10-11-17-27(25)37-26(18-19-32-3)24-14-8-5-9-15-24/h4-17,26,32H,18-20H2,1-3H3,(H2,31,35)(H,33,36). The van der Waals surface area contributed by atoms with Crippen LogP contribution in [0.1, 0.15) is 41.8 Å². The van der Waals surface area contributed by atoms with E-state index in [9.17, 15) is 0 Å². The van der Waals surface area contributed by atoms with Gasteiger partial charge in [0.15, 0.2) is 5.82 Å². The summed E-state index contributed by atoms with van der Waals surface area (Å²) < 4.78 is 6.52. The van der Waals surface area contributed by atoms with Crippen molar-refractivity contribution in [3.8, 4) is 5.75 Å². The first-order valence-electron chi connectivity index (χ1n) is 12.5. The summed E-state index contributed by atoms with van der Waals surface area (Å²) in [6.07, 6.45) is 0.724. The number of aryl methyl sites for hydroxylation is 1. The van der Waals surface area contributed by atoms with Crippen LogP contribution in [0.5, 0.6) is 5.75 Å². The summed E-state index contributed by atoms with van der Waals surface area (Å²) >= 11 is 0. The van der Waals surface area contributed by atoms with Crippen LogP contribution in [0.15, 0.2) is 89.9 Å². The van der Waals surface area contributed by atoms with Crippen LogP contribution in [0.4, 0.5) is 17.2 Å². The van der Waals surface area contributed by atoms with Gasteiger partial charge in [-0.3, -0.25) is 0 Å². The lowest BCUT2D eigenvalue weighted by Crippen LogP contribution is -2.16. The maximum absolute atomic E-state index is 6.57. The van der Waals surface area contributed by atoms with Gasteiger partial charge < -0.3 is 21.1 Å². The van der Waals surface area contributed by atoms with E-state index >= 15 is 0 Å². The lowest BCUT2D eigenvalue weighted by molar-refractivity contribution is 0.196. The van der Waals surface area contributed by atoms with Gasteiger partial charge in [-0.15, -0.1) is 5.10 Å². The molecule has 4 aromatic rings. The number of nitrogen functional groups attached to an aromatic ring is 1. The highest BCUT2D eigenvalue weighted by atomic mass is 16.5. The lowest BCUT2D eigenvalue weighted by atomic mass is 10.1. The van der Waals surface area contributed by atoms with Crippen LogP contribution in [0.2, 0.25) is 0 Å². The van der Waals surface area contributed by atoms with Gasteiger partial charge >= 0.3 is 0 Å². The van der Waals surface area contributed by atoms with Crippen LogP contribution in [0, 0.1) is 6.92 Å². The first kappa shape index (κ1) is 25.9. The molecule has 7 nitrogen and oxygen atoms in total. The van der Waals surface area contributed by atoms with Crippen LogP contribution in [0.25, 0.3) is 0 Å². The van der Waals surface area contributed by atoms with Crippen LogP contribution >= 0.6 is 0 Å². The second kappa shape index (κ2) is 12.6. The molecule has 0 aliphatic rings. The normalized spacial score (nSPS) is 12.2. The minimum atomic E-state index is -0.103. The summed E-state index contributed by atoms with van der Waals surface area (Å²) in [6, 6.07) is 28.2. The van der Waals surface area contributed by atoms with Gasteiger partial charge in [-0.25, -0.2) is 4.99 Å². The SMILES string of the molecule is CNCCC(Oc1ccccc1N=C(C)c1c(C)nnc(NCc2ccccc2)c1N)c1ccccc1. The zero-order valence-corrected chi connectivity index (χ0v) is 21.6. The van der Waals surface area contributed by atoms with E-state index in [1.807, 2.05) is 81.6 Å². The number of nitrogens with one attached hydrogen (secondary N) is 2. The number of nitrogens with two attached hydrogens (primary N) is 1. The molecule has 0 saturated heterocycles. The van der Waals surface area contributed by atoms with Crippen molar-refractivity contribution in [2.75, 3.05) is 24.6 Å². The number of benzene rings is 3. The van der Waals surface area contributed by atoms with Crippen molar-refractivity contribution < 1.29 is 4.74 Å². The Labute approximate surface area is 218 Å². The molecule has 1 unspecified atom stereocenters. The van der Waals surface area contributed by atoms with Crippen molar-refractivity contribution in [2.45, 2.75) is 32.9 Å². The van der Waals surface area contributed by atoms with Crippen LogP contribution in [0.3, 0.4) is 0 Å². The fraction of sp³-hybridized carbons (Fsp3) is 0.233. The molecule has 37 heavy (non-hydrogen) atoms. The average molecular weight is 495 g/mol. The predicted octanol–water partition coefficient (Wildman–Crippen LogP) is 5.85. The third kappa shape index (κ3) is 6.71. The molecule has 0 bridgehead atoms. The molecule has 0 spiro atoms. The molecule has 190 valence electrons. The molecule has 1 atom stereocenters. The molecule has 0 radical (unpaired) electrons. The van der Waals surface area contributed by atoms with Gasteiger partial charge in [-0.2, -0.15) is 5.10 Å². The largest absolute Gasteiger partial charge is 0.483 e. The quantitative estimate of drug-likeness (QED) is 0.226. The zero-order chi connectivity index (χ0) is 26.0. The van der Waals surface area contributed by atoms with Gasteiger partial charge in [0.1, 0.15) is 17.5 Å². The van der Waals surface area contributed by atoms with E-state index in [-0.39, 0.29) is 6.10 Å². The van der Waals surface area contributed by atoms with Crippen molar-refractivity contribution in [1.82, 2.24) is 15.5 Å². The molecule has 7 heteroatoms. The van der Waals surface area contributed by atoms with E-state index in [0.717, 1.165) is 46.7 Å². The molecule has 1 heterocycles. The Morgan fingerprint density at radius 1 is 0.946 bits per heavy atom. The van der Waals surface area contributed by atoms with E-state index in [1.54, 1.807) is 0 Å². The number of rotatable bonds is 11. The smallest absolute Gasteiger partial charge is 0.172 e. The third-order valence-corrected chi connectivity index (χ3v) is 6.10. The minimum absolute atomic E-state index is 0.103. The molecule has 0 amide bonds. The number of nitrogens with zero attached hydrogens (tertiary/aromatic N) is 3. The predicted molar refractivity (Wildman–Crippen MR) is 152 cm³/mol. The Hall–Kier alpha value is -4.23. The molecule has 0 fully saturated rings. The van der Waals surface area contributed by atoms with Crippen LogP contribution in [-0.4, -0.2) is 29.5 Å². The third-order valence-electron chi connectivity index (χ3n) is 6.10.